The lowest BCUT2D eigenvalue weighted by atomic mass is 10.0. The molecular formula is C24H24F3NO6S. The molecule has 0 radical (unpaired) electrons. The van der Waals surface area contributed by atoms with Crippen LogP contribution in [0, 0.1) is 0 Å². The molecule has 2 aromatic carbocycles. The highest BCUT2D eigenvalue weighted by atomic mass is 32.2. The monoisotopic (exact) mass is 511 g/mol. The zero-order valence-corrected chi connectivity index (χ0v) is 19.8. The summed E-state index contributed by atoms with van der Waals surface area (Å²) in [5, 5.41) is 9.94. The van der Waals surface area contributed by atoms with E-state index in [2.05, 4.69) is 0 Å². The Morgan fingerprint density at radius 3 is 2.26 bits per heavy atom. The van der Waals surface area contributed by atoms with Crippen molar-refractivity contribution in [1.29, 1.82) is 0 Å². The SMILES string of the molecule is CCS(=O)(=O)CC(O)COc1ccc(-n2ccc(-c3ccc(C(F)(F)F)cc3)cc2=O)cc1OC. The Morgan fingerprint density at radius 2 is 1.69 bits per heavy atom. The molecule has 0 saturated heterocycles. The maximum Gasteiger partial charge on any atom is 0.416 e. The van der Waals surface area contributed by atoms with Gasteiger partial charge < -0.3 is 14.6 Å². The first-order valence-electron chi connectivity index (χ1n) is 10.5. The summed E-state index contributed by atoms with van der Waals surface area (Å²) in [5.74, 6) is -0.00983. The fourth-order valence-corrected chi connectivity index (χ4v) is 4.21. The van der Waals surface area contributed by atoms with Gasteiger partial charge in [-0.1, -0.05) is 19.1 Å². The summed E-state index contributed by atoms with van der Waals surface area (Å²) in [5.41, 5.74) is 0.171. The van der Waals surface area contributed by atoms with Crippen LogP contribution >= 0.6 is 0 Å². The molecule has 0 aliphatic heterocycles. The number of ether oxygens (including phenoxy) is 2. The molecule has 0 aliphatic carbocycles. The highest BCUT2D eigenvalue weighted by Gasteiger charge is 2.30. The molecule has 35 heavy (non-hydrogen) atoms. The predicted octanol–water partition coefficient (Wildman–Crippen LogP) is 3.71. The van der Waals surface area contributed by atoms with Crippen LogP contribution in [0.25, 0.3) is 16.8 Å². The lowest BCUT2D eigenvalue weighted by molar-refractivity contribution is -0.137. The quantitative estimate of drug-likeness (QED) is 0.471. The molecule has 188 valence electrons. The van der Waals surface area contributed by atoms with Crippen molar-refractivity contribution in [2.45, 2.75) is 19.2 Å². The summed E-state index contributed by atoms with van der Waals surface area (Å²) in [6, 6.07) is 12.1. The second-order valence-corrected chi connectivity index (χ2v) is 10.1. The Bertz CT molecular complexity index is 1330. The van der Waals surface area contributed by atoms with Crippen molar-refractivity contribution in [3.63, 3.8) is 0 Å². The van der Waals surface area contributed by atoms with Gasteiger partial charge in [0, 0.05) is 24.1 Å². The minimum absolute atomic E-state index is 0.0888. The average Bonchev–Trinajstić information content (AvgIpc) is 2.82. The van der Waals surface area contributed by atoms with Crippen molar-refractivity contribution >= 4 is 9.84 Å². The molecule has 0 amide bonds. The zero-order chi connectivity index (χ0) is 25.8. The minimum atomic E-state index is -4.44. The van der Waals surface area contributed by atoms with Gasteiger partial charge in [0.25, 0.3) is 5.56 Å². The number of hydrogen-bond acceptors (Lipinski definition) is 6. The Morgan fingerprint density at radius 1 is 1.00 bits per heavy atom. The topological polar surface area (TPSA) is 94.8 Å². The predicted molar refractivity (Wildman–Crippen MR) is 125 cm³/mol. The van der Waals surface area contributed by atoms with Crippen LogP contribution in [0.4, 0.5) is 13.2 Å². The molecule has 3 rings (SSSR count). The molecule has 1 atom stereocenters. The number of hydrogen-bond donors (Lipinski definition) is 1. The van der Waals surface area contributed by atoms with E-state index in [0.717, 1.165) is 12.1 Å². The van der Waals surface area contributed by atoms with Crippen LogP contribution in [0.1, 0.15) is 12.5 Å². The summed E-state index contributed by atoms with van der Waals surface area (Å²) < 4.78 is 73.7. The lowest BCUT2D eigenvalue weighted by Crippen LogP contribution is -2.28. The lowest BCUT2D eigenvalue weighted by Gasteiger charge is -2.16. The second kappa shape index (κ2) is 10.5. The molecule has 3 aromatic rings. The van der Waals surface area contributed by atoms with Crippen LogP contribution in [0.3, 0.4) is 0 Å². The molecule has 1 aromatic heterocycles. The number of nitrogens with zero attached hydrogens (tertiary/aromatic N) is 1. The Kier molecular flexibility index (Phi) is 7.91. The third kappa shape index (κ3) is 6.64. The van der Waals surface area contributed by atoms with Gasteiger partial charge in [-0.05, 0) is 41.5 Å². The number of aliphatic hydroxyl groups excluding tert-OH is 1. The highest BCUT2D eigenvalue weighted by molar-refractivity contribution is 7.91. The molecule has 0 fully saturated rings. The van der Waals surface area contributed by atoms with Gasteiger partial charge >= 0.3 is 6.18 Å². The number of aromatic nitrogens is 1. The fraction of sp³-hybridized carbons (Fsp3) is 0.292. The van der Waals surface area contributed by atoms with E-state index >= 15 is 0 Å². The number of rotatable bonds is 9. The van der Waals surface area contributed by atoms with Crippen molar-refractivity contribution in [1.82, 2.24) is 4.57 Å². The van der Waals surface area contributed by atoms with Gasteiger partial charge in [0.05, 0.1) is 24.1 Å². The second-order valence-electron chi connectivity index (χ2n) is 7.70. The first-order valence-corrected chi connectivity index (χ1v) is 12.4. The number of benzene rings is 2. The van der Waals surface area contributed by atoms with Gasteiger partial charge in [-0.15, -0.1) is 0 Å². The molecule has 0 saturated carbocycles. The average molecular weight is 512 g/mol. The molecule has 7 nitrogen and oxygen atoms in total. The molecule has 0 bridgehead atoms. The van der Waals surface area contributed by atoms with Gasteiger partial charge in [-0.3, -0.25) is 9.36 Å². The Hall–Kier alpha value is -3.31. The first kappa shape index (κ1) is 26.3. The summed E-state index contributed by atoms with van der Waals surface area (Å²) >= 11 is 0. The van der Waals surface area contributed by atoms with E-state index in [1.54, 1.807) is 12.1 Å². The number of halogens is 3. The van der Waals surface area contributed by atoms with Gasteiger partial charge in [0.15, 0.2) is 21.3 Å². The van der Waals surface area contributed by atoms with Crippen molar-refractivity contribution < 1.29 is 36.2 Å². The van der Waals surface area contributed by atoms with Crippen LogP contribution < -0.4 is 15.0 Å². The summed E-state index contributed by atoms with van der Waals surface area (Å²) in [6.07, 6.45) is -4.17. The molecule has 0 spiro atoms. The van der Waals surface area contributed by atoms with Gasteiger partial charge in [-0.25, -0.2) is 8.42 Å². The third-order valence-corrected chi connectivity index (χ3v) is 6.98. The van der Waals surface area contributed by atoms with Crippen molar-refractivity contribution in [2.24, 2.45) is 0 Å². The van der Waals surface area contributed by atoms with E-state index < -0.39 is 39.0 Å². The largest absolute Gasteiger partial charge is 0.493 e. The third-order valence-electron chi connectivity index (χ3n) is 5.21. The van der Waals surface area contributed by atoms with Crippen molar-refractivity contribution in [3.05, 3.63) is 76.7 Å². The van der Waals surface area contributed by atoms with Gasteiger partial charge in [0.2, 0.25) is 0 Å². The Labute approximate surface area is 200 Å². The molecule has 0 aliphatic rings. The maximum atomic E-state index is 12.8. The van der Waals surface area contributed by atoms with Gasteiger partial charge in [-0.2, -0.15) is 13.2 Å². The van der Waals surface area contributed by atoms with Crippen LogP contribution in [0.15, 0.2) is 65.6 Å². The van der Waals surface area contributed by atoms with E-state index in [-0.39, 0.29) is 23.9 Å². The van der Waals surface area contributed by atoms with Crippen LogP contribution in [0.5, 0.6) is 11.5 Å². The standard InChI is InChI=1S/C24H24F3NO6S/c1-3-35(31,32)15-20(29)14-34-21-9-8-19(13-22(21)33-2)28-11-10-17(12-23(28)30)16-4-6-18(7-5-16)24(25,26)27/h4-13,20,29H,3,14-15H2,1-2H3. The number of alkyl halides is 3. The van der Waals surface area contributed by atoms with Crippen molar-refractivity contribution in [2.75, 3.05) is 25.2 Å². The summed E-state index contributed by atoms with van der Waals surface area (Å²) in [6.45, 7) is 1.22. The van der Waals surface area contributed by atoms with E-state index in [4.69, 9.17) is 9.47 Å². The van der Waals surface area contributed by atoms with Crippen LogP contribution in [-0.2, 0) is 16.0 Å². The number of aliphatic hydroxyl groups is 1. The fourth-order valence-electron chi connectivity index (χ4n) is 3.29. The Balaban J connectivity index is 1.79. The molecule has 1 heterocycles. The summed E-state index contributed by atoms with van der Waals surface area (Å²) in [4.78, 5) is 12.7. The maximum absolute atomic E-state index is 12.8. The van der Waals surface area contributed by atoms with E-state index in [0.29, 0.717) is 16.8 Å². The van der Waals surface area contributed by atoms with E-state index in [9.17, 15) is 31.5 Å². The van der Waals surface area contributed by atoms with Crippen molar-refractivity contribution in [3.8, 4) is 28.3 Å². The molecule has 1 N–H and O–H groups in total. The van der Waals surface area contributed by atoms with E-state index in [1.807, 2.05) is 0 Å². The summed E-state index contributed by atoms with van der Waals surface area (Å²) in [7, 11) is -1.98. The first-order chi connectivity index (χ1) is 16.4. The highest BCUT2D eigenvalue weighted by Crippen LogP contribution is 2.31. The number of sulfone groups is 1. The molecule has 11 heteroatoms. The number of methoxy groups -OCH3 is 1. The molecular weight excluding hydrogens is 487 g/mol. The van der Waals surface area contributed by atoms with E-state index in [1.165, 1.54) is 55.1 Å². The normalized spacial score (nSPS) is 12.9. The van der Waals surface area contributed by atoms with Crippen LogP contribution in [0.2, 0.25) is 0 Å². The number of pyridine rings is 1. The van der Waals surface area contributed by atoms with Crippen LogP contribution in [-0.4, -0.2) is 49.4 Å². The minimum Gasteiger partial charge on any atom is -0.493 e. The smallest absolute Gasteiger partial charge is 0.416 e. The zero-order valence-electron chi connectivity index (χ0n) is 18.9. The molecule has 1 unspecified atom stereocenters. The van der Waals surface area contributed by atoms with Gasteiger partial charge in [0.1, 0.15) is 12.7 Å².